The number of nitrogens with one attached hydrogen (secondary N) is 1. The van der Waals surface area contributed by atoms with E-state index >= 15 is 0 Å². The maximum atomic E-state index is 5.23. The van der Waals surface area contributed by atoms with E-state index in [1.165, 1.54) is 12.8 Å². The summed E-state index contributed by atoms with van der Waals surface area (Å²) in [5.41, 5.74) is 0.951. The maximum absolute atomic E-state index is 5.23. The quantitative estimate of drug-likeness (QED) is 0.875. The predicted molar refractivity (Wildman–Crippen MR) is 65.5 cm³/mol. The zero-order chi connectivity index (χ0) is 11.7. The van der Waals surface area contributed by atoms with Gasteiger partial charge in [-0.3, -0.25) is 0 Å². The predicted octanol–water partition coefficient (Wildman–Crippen LogP) is 2.95. The second-order valence-electron chi connectivity index (χ2n) is 4.56. The standard InChI is InChI=1S/C13H15N3O/c1-9(10-7-8-10)14-13-15-12(17-16-13)11-5-3-2-4-6-11/h2-6,9-10H,7-8H2,1H3,(H,14,16). The Morgan fingerprint density at radius 2 is 2.06 bits per heavy atom. The highest BCUT2D eigenvalue weighted by Crippen LogP contribution is 2.33. The van der Waals surface area contributed by atoms with Crippen molar-refractivity contribution in [1.82, 2.24) is 10.1 Å². The van der Waals surface area contributed by atoms with Crippen molar-refractivity contribution in [3.05, 3.63) is 30.3 Å². The number of rotatable bonds is 4. The fourth-order valence-corrected chi connectivity index (χ4v) is 1.90. The van der Waals surface area contributed by atoms with Gasteiger partial charge in [0.05, 0.1) is 0 Å². The molecular formula is C13H15N3O. The zero-order valence-corrected chi connectivity index (χ0v) is 9.76. The van der Waals surface area contributed by atoms with Crippen molar-refractivity contribution in [2.45, 2.75) is 25.8 Å². The molecule has 0 aliphatic heterocycles. The van der Waals surface area contributed by atoms with Crippen LogP contribution in [0.5, 0.6) is 0 Å². The average Bonchev–Trinajstić information content (AvgIpc) is 3.12. The minimum Gasteiger partial charge on any atom is -0.349 e. The molecule has 0 bridgehead atoms. The van der Waals surface area contributed by atoms with Crippen LogP contribution in [0.4, 0.5) is 5.95 Å². The molecule has 17 heavy (non-hydrogen) atoms. The van der Waals surface area contributed by atoms with Gasteiger partial charge in [-0.2, -0.15) is 4.98 Å². The minimum absolute atomic E-state index is 0.427. The maximum Gasteiger partial charge on any atom is 0.263 e. The Kier molecular flexibility index (Phi) is 2.55. The number of nitrogens with zero attached hydrogens (tertiary/aromatic N) is 2. The third kappa shape index (κ3) is 2.30. The molecule has 2 aromatic rings. The molecule has 1 heterocycles. The van der Waals surface area contributed by atoms with Crippen LogP contribution in [0, 0.1) is 5.92 Å². The average molecular weight is 229 g/mol. The lowest BCUT2D eigenvalue weighted by Crippen LogP contribution is -2.17. The van der Waals surface area contributed by atoms with Crippen molar-refractivity contribution in [1.29, 1.82) is 0 Å². The highest BCUT2D eigenvalue weighted by Gasteiger charge is 2.28. The second kappa shape index (κ2) is 4.20. The van der Waals surface area contributed by atoms with Crippen LogP contribution in [-0.4, -0.2) is 16.2 Å². The van der Waals surface area contributed by atoms with E-state index in [1.807, 2.05) is 30.3 Å². The van der Waals surface area contributed by atoms with E-state index in [0.717, 1.165) is 11.5 Å². The monoisotopic (exact) mass is 229 g/mol. The summed E-state index contributed by atoms with van der Waals surface area (Å²) in [7, 11) is 0. The van der Waals surface area contributed by atoms with E-state index in [9.17, 15) is 0 Å². The van der Waals surface area contributed by atoms with Gasteiger partial charge in [-0.15, -0.1) is 0 Å². The van der Waals surface area contributed by atoms with Crippen LogP contribution in [0.25, 0.3) is 11.5 Å². The van der Waals surface area contributed by atoms with E-state index in [0.29, 0.717) is 17.9 Å². The van der Waals surface area contributed by atoms with Crippen LogP contribution in [0.3, 0.4) is 0 Å². The van der Waals surface area contributed by atoms with Crippen LogP contribution in [0.2, 0.25) is 0 Å². The van der Waals surface area contributed by atoms with Gasteiger partial charge in [0.15, 0.2) is 0 Å². The molecule has 4 nitrogen and oxygen atoms in total. The Morgan fingerprint density at radius 3 is 2.76 bits per heavy atom. The summed E-state index contributed by atoms with van der Waals surface area (Å²) in [4.78, 5) is 4.34. The van der Waals surface area contributed by atoms with Gasteiger partial charge in [0, 0.05) is 11.6 Å². The molecular weight excluding hydrogens is 214 g/mol. The molecule has 1 saturated carbocycles. The largest absolute Gasteiger partial charge is 0.349 e. The number of hydrogen-bond acceptors (Lipinski definition) is 4. The molecule has 1 fully saturated rings. The van der Waals surface area contributed by atoms with E-state index < -0.39 is 0 Å². The van der Waals surface area contributed by atoms with Gasteiger partial charge in [-0.05, 0) is 43.0 Å². The van der Waals surface area contributed by atoms with Crippen LogP contribution in [-0.2, 0) is 0 Å². The van der Waals surface area contributed by atoms with Gasteiger partial charge in [0.1, 0.15) is 0 Å². The summed E-state index contributed by atoms with van der Waals surface area (Å²) in [6, 6.07) is 10.2. The SMILES string of the molecule is CC(Nc1noc(-c2ccccc2)n1)C1CC1. The molecule has 1 unspecified atom stereocenters. The van der Waals surface area contributed by atoms with Gasteiger partial charge in [0.2, 0.25) is 0 Å². The Labute approximate surface area is 100 Å². The Balaban J connectivity index is 1.74. The smallest absolute Gasteiger partial charge is 0.263 e. The van der Waals surface area contributed by atoms with Gasteiger partial charge in [0.25, 0.3) is 11.8 Å². The third-order valence-electron chi connectivity index (χ3n) is 3.13. The minimum atomic E-state index is 0.427. The van der Waals surface area contributed by atoms with Crippen molar-refractivity contribution in [3.63, 3.8) is 0 Å². The molecule has 1 aliphatic rings. The van der Waals surface area contributed by atoms with E-state index in [4.69, 9.17) is 4.52 Å². The number of benzene rings is 1. The van der Waals surface area contributed by atoms with Crippen molar-refractivity contribution < 1.29 is 4.52 Å². The molecule has 0 amide bonds. The molecule has 1 atom stereocenters. The topological polar surface area (TPSA) is 51.0 Å². The molecule has 4 heteroatoms. The Morgan fingerprint density at radius 1 is 1.29 bits per heavy atom. The van der Waals surface area contributed by atoms with Crippen molar-refractivity contribution >= 4 is 5.95 Å². The fourth-order valence-electron chi connectivity index (χ4n) is 1.90. The van der Waals surface area contributed by atoms with Crippen molar-refractivity contribution in [2.24, 2.45) is 5.92 Å². The summed E-state index contributed by atoms with van der Waals surface area (Å²) in [5, 5.41) is 7.22. The molecule has 88 valence electrons. The summed E-state index contributed by atoms with van der Waals surface area (Å²) < 4.78 is 5.23. The molecule has 0 radical (unpaired) electrons. The normalized spacial score (nSPS) is 16.8. The summed E-state index contributed by atoms with van der Waals surface area (Å²) >= 11 is 0. The molecule has 0 saturated heterocycles. The third-order valence-corrected chi connectivity index (χ3v) is 3.13. The molecule has 1 aliphatic carbocycles. The van der Waals surface area contributed by atoms with Crippen molar-refractivity contribution in [3.8, 4) is 11.5 Å². The number of hydrogen-bond donors (Lipinski definition) is 1. The van der Waals surface area contributed by atoms with Crippen LogP contribution < -0.4 is 5.32 Å². The first-order valence-corrected chi connectivity index (χ1v) is 5.98. The number of anilines is 1. The summed E-state index contributed by atoms with van der Waals surface area (Å²) in [5.74, 6) is 1.92. The van der Waals surface area contributed by atoms with Gasteiger partial charge in [-0.1, -0.05) is 18.2 Å². The molecule has 1 aromatic carbocycles. The zero-order valence-electron chi connectivity index (χ0n) is 9.76. The van der Waals surface area contributed by atoms with Crippen LogP contribution in [0.15, 0.2) is 34.9 Å². The molecule has 1 aromatic heterocycles. The Bertz CT molecular complexity index is 490. The second-order valence-corrected chi connectivity index (χ2v) is 4.56. The molecule has 0 spiro atoms. The molecule has 1 N–H and O–H groups in total. The van der Waals surface area contributed by atoms with E-state index in [1.54, 1.807) is 0 Å². The lowest BCUT2D eigenvalue weighted by Gasteiger charge is -2.08. The lowest BCUT2D eigenvalue weighted by molar-refractivity contribution is 0.431. The number of aromatic nitrogens is 2. The van der Waals surface area contributed by atoms with Gasteiger partial charge in [-0.25, -0.2) is 0 Å². The van der Waals surface area contributed by atoms with E-state index in [2.05, 4.69) is 22.4 Å². The fraction of sp³-hybridized carbons (Fsp3) is 0.385. The molecule has 3 rings (SSSR count). The van der Waals surface area contributed by atoms with Crippen LogP contribution in [0.1, 0.15) is 19.8 Å². The first-order chi connectivity index (χ1) is 8.33. The Hall–Kier alpha value is -1.84. The summed E-state index contributed by atoms with van der Waals surface area (Å²) in [6.45, 7) is 2.16. The summed E-state index contributed by atoms with van der Waals surface area (Å²) in [6.07, 6.45) is 2.61. The first-order valence-electron chi connectivity index (χ1n) is 5.98. The van der Waals surface area contributed by atoms with Gasteiger partial charge >= 0.3 is 0 Å². The highest BCUT2D eigenvalue weighted by atomic mass is 16.5. The van der Waals surface area contributed by atoms with Gasteiger partial charge < -0.3 is 9.84 Å². The van der Waals surface area contributed by atoms with Crippen LogP contribution >= 0.6 is 0 Å². The van der Waals surface area contributed by atoms with Crippen molar-refractivity contribution in [2.75, 3.05) is 5.32 Å². The first kappa shape index (κ1) is 10.3. The lowest BCUT2D eigenvalue weighted by atomic mass is 10.2. The highest BCUT2D eigenvalue weighted by molar-refractivity contribution is 5.53. The van der Waals surface area contributed by atoms with E-state index in [-0.39, 0.29) is 0 Å².